The molecule has 6 heteroatoms. The van der Waals surface area contributed by atoms with Crippen LogP contribution >= 0.6 is 35.6 Å². The number of halogens is 2. The third-order valence-electron chi connectivity index (χ3n) is 2.81. The third-order valence-corrected chi connectivity index (χ3v) is 3.10. The third kappa shape index (κ3) is 4.42. The molecule has 4 nitrogen and oxygen atoms in total. The molecule has 0 amide bonds. The first kappa shape index (κ1) is 16.4. The van der Waals surface area contributed by atoms with Crippen LogP contribution in [-0.2, 0) is 6.54 Å². The highest BCUT2D eigenvalue weighted by Gasteiger charge is 2.11. The number of nitrogens with one attached hydrogen (secondary N) is 1. The Hall–Kier alpha value is -0.690. The first-order valence-corrected chi connectivity index (χ1v) is 6.49. The Morgan fingerprint density at radius 1 is 1.47 bits per heavy atom. The van der Waals surface area contributed by atoms with E-state index in [0.29, 0.717) is 11.6 Å². The minimum Gasteiger partial charge on any atom is -0.492 e. The van der Waals surface area contributed by atoms with Crippen LogP contribution in [0, 0.1) is 0 Å². The van der Waals surface area contributed by atoms with Gasteiger partial charge in [-0.25, -0.2) is 0 Å². The SMILES string of the molecule is CCOc1ccc(CNC2=NCCN2C)cc1Cl.I. The molecule has 1 heterocycles. The molecule has 19 heavy (non-hydrogen) atoms. The molecule has 0 spiro atoms. The van der Waals surface area contributed by atoms with Gasteiger partial charge in [-0.05, 0) is 24.6 Å². The number of rotatable bonds is 4. The molecule has 1 aromatic carbocycles. The Kier molecular flexibility index (Phi) is 6.71. The van der Waals surface area contributed by atoms with Gasteiger partial charge in [0.1, 0.15) is 5.75 Å². The molecule has 0 atom stereocenters. The van der Waals surface area contributed by atoms with Crippen LogP contribution in [0.4, 0.5) is 0 Å². The Labute approximate surface area is 136 Å². The van der Waals surface area contributed by atoms with Gasteiger partial charge >= 0.3 is 0 Å². The van der Waals surface area contributed by atoms with Gasteiger partial charge in [0.05, 0.1) is 18.2 Å². The summed E-state index contributed by atoms with van der Waals surface area (Å²) in [6.07, 6.45) is 0. The molecule has 0 saturated heterocycles. The van der Waals surface area contributed by atoms with Crippen molar-refractivity contribution < 1.29 is 4.74 Å². The van der Waals surface area contributed by atoms with E-state index < -0.39 is 0 Å². The summed E-state index contributed by atoms with van der Waals surface area (Å²) in [5.41, 5.74) is 1.12. The van der Waals surface area contributed by atoms with Crippen LogP contribution in [0.1, 0.15) is 12.5 Å². The van der Waals surface area contributed by atoms with Gasteiger partial charge in [0.2, 0.25) is 0 Å². The normalized spacial score (nSPS) is 13.8. The zero-order valence-corrected chi connectivity index (χ0v) is 14.2. The average molecular weight is 396 g/mol. The lowest BCUT2D eigenvalue weighted by molar-refractivity contribution is 0.340. The molecule has 106 valence electrons. The van der Waals surface area contributed by atoms with E-state index in [0.717, 1.165) is 36.9 Å². The molecule has 0 radical (unpaired) electrons. The number of hydrogen-bond donors (Lipinski definition) is 1. The molecule has 1 aliphatic heterocycles. The van der Waals surface area contributed by atoms with Gasteiger partial charge in [0.25, 0.3) is 0 Å². The van der Waals surface area contributed by atoms with Gasteiger partial charge in [-0.3, -0.25) is 4.99 Å². The van der Waals surface area contributed by atoms with Crippen LogP contribution < -0.4 is 10.1 Å². The van der Waals surface area contributed by atoms with Crippen molar-refractivity contribution in [3.05, 3.63) is 28.8 Å². The average Bonchev–Trinajstić information content (AvgIpc) is 2.76. The van der Waals surface area contributed by atoms with Crippen molar-refractivity contribution in [3.63, 3.8) is 0 Å². The van der Waals surface area contributed by atoms with Crippen molar-refractivity contribution in [1.29, 1.82) is 0 Å². The van der Waals surface area contributed by atoms with Crippen molar-refractivity contribution in [3.8, 4) is 5.75 Å². The summed E-state index contributed by atoms with van der Waals surface area (Å²) >= 11 is 6.14. The summed E-state index contributed by atoms with van der Waals surface area (Å²) in [5, 5.41) is 3.95. The van der Waals surface area contributed by atoms with Crippen LogP contribution in [0.25, 0.3) is 0 Å². The Balaban J connectivity index is 0.00000180. The predicted molar refractivity (Wildman–Crippen MR) is 89.8 cm³/mol. The minimum atomic E-state index is 0. The predicted octanol–water partition coefficient (Wildman–Crippen LogP) is 2.75. The fourth-order valence-electron chi connectivity index (χ4n) is 1.83. The maximum absolute atomic E-state index is 6.14. The highest BCUT2D eigenvalue weighted by Crippen LogP contribution is 2.25. The second kappa shape index (κ2) is 7.79. The fourth-order valence-corrected chi connectivity index (χ4v) is 2.09. The van der Waals surface area contributed by atoms with E-state index in [9.17, 15) is 0 Å². The number of likely N-dealkylation sites (N-methyl/N-ethyl adjacent to an activating group) is 1. The van der Waals surface area contributed by atoms with Crippen molar-refractivity contribution in [1.82, 2.24) is 10.2 Å². The standard InChI is InChI=1S/C13H18ClN3O.HI/c1-3-18-12-5-4-10(8-11(12)14)9-16-13-15-6-7-17(13)2;/h4-5,8H,3,6-7,9H2,1-2H3,(H,15,16);1H. The summed E-state index contributed by atoms with van der Waals surface area (Å²) < 4.78 is 5.40. The van der Waals surface area contributed by atoms with E-state index in [2.05, 4.69) is 15.2 Å². The summed E-state index contributed by atoms with van der Waals surface area (Å²) in [4.78, 5) is 6.48. The number of guanidine groups is 1. The fraction of sp³-hybridized carbons (Fsp3) is 0.462. The Morgan fingerprint density at radius 2 is 2.26 bits per heavy atom. The van der Waals surface area contributed by atoms with Crippen LogP contribution in [-0.4, -0.2) is 37.6 Å². The van der Waals surface area contributed by atoms with E-state index >= 15 is 0 Å². The highest BCUT2D eigenvalue weighted by molar-refractivity contribution is 14.0. The van der Waals surface area contributed by atoms with Gasteiger partial charge in [-0.1, -0.05) is 17.7 Å². The van der Waals surface area contributed by atoms with Crippen LogP contribution in [0.2, 0.25) is 5.02 Å². The van der Waals surface area contributed by atoms with Crippen molar-refractivity contribution in [2.24, 2.45) is 4.99 Å². The molecule has 0 saturated carbocycles. The molecule has 1 aromatic rings. The Morgan fingerprint density at radius 3 is 2.84 bits per heavy atom. The molecule has 2 rings (SSSR count). The van der Waals surface area contributed by atoms with Gasteiger partial charge < -0.3 is 15.0 Å². The summed E-state index contributed by atoms with van der Waals surface area (Å²) in [6, 6.07) is 5.84. The van der Waals surface area contributed by atoms with E-state index in [4.69, 9.17) is 16.3 Å². The molecule has 0 aliphatic carbocycles. The molecule has 1 aliphatic rings. The maximum atomic E-state index is 6.14. The number of hydrogen-bond acceptors (Lipinski definition) is 4. The quantitative estimate of drug-likeness (QED) is 0.797. The van der Waals surface area contributed by atoms with Crippen LogP contribution in [0.5, 0.6) is 5.75 Å². The monoisotopic (exact) mass is 395 g/mol. The molecular formula is C13H19ClIN3O. The summed E-state index contributed by atoms with van der Waals surface area (Å²) in [6.45, 7) is 5.13. The zero-order valence-electron chi connectivity index (χ0n) is 11.1. The van der Waals surface area contributed by atoms with Gasteiger partial charge in [0, 0.05) is 20.1 Å². The first-order chi connectivity index (χ1) is 8.70. The van der Waals surface area contributed by atoms with E-state index in [1.54, 1.807) is 0 Å². The van der Waals surface area contributed by atoms with Crippen molar-refractivity contribution in [2.45, 2.75) is 13.5 Å². The van der Waals surface area contributed by atoms with E-state index in [-0.39, 0.29) is 24.0 Å². The number of ether oxygens (including phenoxy) is 1. The lowest BCUT2D eigenvalue weighted by Crippen LogP contribution is -2.35. The number of benzene rings is 1. The van der Waals surface area contributed by atoms with Crippen molar-refractivity contribution >= 4 is 41.5 Å². The second-order valence-electron chi connectivity index (χ2n) is 4.18. The molecule has 0 fully saturated rings. The van der Waals surface area contributed by atoms with Crippen molar-refractivity contribution in [2.75, 3.05) is 26.7 Å². The smallest absolute Gasteiger partial charge is 0.194 e. The van der Waals surface area contributed by atoms with Gasteiger partial charge in [0.15, 0.2) is 5.96 Å². The molecule has 0 unspecified atom stereocenters. The van der Waals surface area contributed by atoms with Gasteiger partial charge in [-0.15, -0.1) is 24.0 Å². The first-order valence-electron chi connectivity index (χ1n) is 6.11. The minimum absolute atomic E-state index is 0. The number of nitrogens with zero attached hydrogens (tertiary/aromatic N) is 2. The highest BCUT2D eigenvalue weighted by atomic mass is 127. The van der Waals surface area contributed by atoms with E-state index in [1.165, 1.54) is 0 Å². The number of aliphatic imine (C=N–C) groups is 1. The topological polar surface area (TPSA) is 36.9 Å². The molecular weight excluding hydrogens is 377 g/mol. The lowest BCUT2D eigenvalue weighted by Gasteiger charge is -2.15. The molecule has 1 N–H and O–H groups in total. The van der Waals surface area contributed by atoms with Gasteiger partial charge in [-0.2, -0.15) is 0 Å². The zero-order chi connectivity index (χ0) is 13.0. The molecule has 0 bridgehead atoms. The Bertz CT molecular complexity index is 454. The summed E-state index contributed by atoms with van der Waals surface area (Å²) in [7, 11) is 2.03. The lowest BCUT2D eigenvalue weighted by atomic mass is 10.2. The second-order valence-corrected chi connectivity index (χ2v) is 4.59. The summed E-state index contributed by atoms with van der Waals surface area (Å²) in [5.74, 6) is 1.68. The largest absolute Gasteiger partial charge is 0.492 e. The van der Waals surface area contributed by atoms with Crippen LogP contribution in [0.15, 0.2) is 23.2 Å². The maximum Gasteiger partial charge on any atom is 0.194 e. The van der Waals surface area contributed by atoms with E-state index in [1.807, 2.05) is 32.2 Å². The van der Waals surface area contributed by atoms with Crippen LogP contribution in [0.3, 0.4) is 0 Å². The molecule has 0 aromatic heterocycles.